The van der Waals surface area contributed by atoms with Gasteiger partial charge < -0.3 is 10.2 Å². The van der Waals surface area contributed by atoms with E-state index < -0.39 is 0 Å². The van der Waals surface area contributed by atoms with Crippen LogP contribution in [0.1, 0.15) is 74.9 Å². The van der Waals surface area contributed by atoms with Crippen LogP contribution >= 0.6 is 11.6 Å². The Balaban J connectivity index is 2.74. The largest absolute Gasteiger partial charge is 0.507 e. The zero-order chi connectivity index (χ0) is 20.6. The molecule has 0 aliphatic heterocycles. The minimum absolute atomic E-state index is 0.117. The first-order valence-corrected chi connectivity index (χ1v) is 9.69. The maximum Gasteiger partial charge on any atom is 0.154 e. The van der Waals surface area contributed by atoms with Crippen LogP contribution in [0.5, 0.6) is 11.5 Å². The first-order chi connectivity index (χ1) is 12.7. The number of phenolic OH excluding ortho intramolecular Hbond substituents is 2. The molecule has 3 nitrogen and oxygen atoms in total. The fraction of sp³-hybridized carbons (Fsp3) is 0.435. The zero-order valence-electron chi connectivity index (χ0n) is 17.0. The first kappa shape index (κ1) is 23.0. The number of carbonyl (C=O) groups is 1. The van der Waals surface area contributed by atoms with Gasteiger partial charge in [0.25, 0.3) is 0 Å². The average Bonchev–Trinajstić information content (AvgIpc) is 2.60. The highest BCUT2D eigenvalue weighted by Gasteiger charge is 2.19. The van der Waals surface area contributed by atoms with Gasteiger partial charge in [0, 0.05) is 5.56 Å². The standard InChI is InChI=1S/C23H31ClO3/c1-15(2)8-6-9-16(3)10-7-11-17(4)12-13-19-22(26)20(14-25)18(5)21(24)23(19)27/h8,10,12,14,26-27H,6-7,9,11,13H2,1-5H3/b16-10+,17-12+. The van der Waals surface area contributed by atoms with E-state index in [1.807, 2.05) is 13.0 Å². The third-order valence-corrected chi connectivity index (χ3v) is 5.13. The van der Waals surface area contributed by atoms with E-state index in [0.717, 1.165) is 31.3 Å². The van der Waals surface area contributed by atoms with Gasteiger partial charge in [0.15, 0.2) is 6.29 Å². The molecule has 0 atom stereocenters. The van der Waals surface area contributed by atoms with Crippen molar-refractivity contribution in [1.29, 1.82) is 0 Å². The second-order valence-corrected chi connectivity index (χ2v) is 7.69. The molecular weight excluding hydrogens is 360 g/mol. The number of rotatable bonds is 9. The fourth-order valence-electron chi connectivity index (χ4n) is 2.83. The van der Waals surface area contributed by atoms with Gasteiger partial charge in [0.1, 0.15) is 11.5 Å². The molecule has 0 aromatic heterocycles. The molecule has 2 N–H and O–H groups in total. The molecule has 0 aliphatic carbocycles. The highest BCUT2D eigenvalue weighted by Crippen LogP contribution is 2.40. The zero-order valence-corrected chi connectivity index (χ0v) is 17.8. The molecule has 0 amide bonds. The molecule has 0 bridgehead atoms. The molecule has 0 saturated carbocycles. The number of phenols is 2. The van der Waals surface area contributed by atoms with E-state index in [1.54, 1.807) is 6.92 Å². The van der Waals surface area contributed by atoms with Gasteiger partial charge in [-0.15, -0.1) is 0 Å². The number of aromatic hydroxyl groups is 2. The highest BCUT2D eigenvalue weighted by atomic mass is 35.5. The summed E-state index contributed by atoms with van der Waals surface area (Å²) in [5.74, 6) is -0.347. The van der Waals surface area contributed by atoms with Crippen molar-refractivity contribution in [3.63, 3.8) is 0 Å². The summed E-state index contributed by atoms with van der Waals surface area (Å²) in [4.78, 5) is 11.2. The smallest absolute Gasteiger partial charge is 0.154 e. The van der Waals surface area contributed by atoms with Crippen LogP contribution in [0, 0.1) is 6.92 Å². The van der Waals surface area contributed by atoms with Crippen molar-refractivity contribution < 1.29 is 15.0 Å². The Morgan fingerprint density at radius 3 is 2.04 bits per heavy atom. The molecule has 0 radical (unpaired) electrons. The minimum Gasteiger partial charge on any atom is -0.507 e. The molecule has 0 heterocycles. The normalized spacial score (nSPS) is 12.2. The molecule has 4 heteroatoms. The van der Waals surface area contributed by atoms with Gasteiger partial charge in [-0.25, -0.2) is 0 Å². The number of halogens is 1. The van der Waals surface area contributed by atoms with Crippen molar-refractivity contribution in [3.8, 4) is 11.5 Å². The Bertz CT molecular complexity index is 767. The third kappa shape index (κ3) is 6.91. The molecule has 1 aromatic carbocycles. The second-order valence-electron chi connectivity index (χ2n) is 7.31. The Hall–Kier alpha value is -2.00. The van der Waals surface area contributed by atoms with Gasteiger partial charge in [0.05, 0.1) is 10.6 Å². The maximum atomic E-state index is 11.2. The summed E-state index contributed by atoms with van der Waals surface area (Å²) in [5.41, 5.74) is 4.71. The van der Waals surface area contributed by atoms with E-state index in [2.05, 4.69) is 32.9 Å². The molecular formula is C23H31ClO3. The van der Waals surface area contributed by atoms with E-state index in [9.17, 15) is 15.0 Å². The molecule has 1 rings (SSSR count). The van der Waals surface area contributed by atoms with Crippen LogP contribution in [0.25, 0.3) is 0 Å². The molecule has 0 fully saturated rings. The molecule has 27 heavy (non-hydrogen) atoms. The predicted molar refractivity (Wildman–Crippen MR) is 114 cm³/mol. The van der Waals surface area contributed by atoms with Crippen LogP contribution < -0.4 is 0 Å². The van der Waals surface area contributed by atoms with Gasteiger partial charge >= 0.3 is 0 Å². The lowest BCUT2D eigenvalue weighted by molar-refractivity contribution is 0.112. The summed E-state index contributed by atoms with van der Waals surface area (Å²) in [6, 6.07) is 0. The fourth-order valence-corrected chi connectivity index (χ4v) is 3.05. The van der Waals surface area contributed by atoms with Crippen molar-refractivity contribution in [1.82, 2.24) is 0 Å². The van der Waals surface area contributed by atoms with Crippen LogP contribution in [-0.4, -0.2) is 16.5 Å². The highest BCUT2D eigenvalue weighted by molar-refractivity contribution is 6.33. The summed E-state index contributed by atoms with van der Waals surface area (Å²) in [6.07, 6.45) is 11.4. The van der Waals surface area contributed by atoms with E-state index in [1.165, 1.54) is 11.1 Å². The Morgan fingerprint density at radius 1 is 0.926 bits per heavy atom. The molecule has 1 aromatic rings. The van der Waals surface area contributed by atoms with Crippen molar-refractivity contribution in [2.75, 3.05) is 0 Å². The summed E-state index contributed by atoms with van der Waals surface area (Å²) < 4.78 is 0. The van der Waals surface area contributed by atoms with Gasteiger partial charge in [-0.05, 0) is 72.3 Å². The van der Waals surface area contributed by atoms with E-state index in [4.69, 9.17) is 11.6 Å². The van der Waals surface area contributed by atoms with E-state index >= 15 is 0 Å². The van der Waals surface area contributed by atoms with Crippen molar-refractivity contribution in [3.05, 3.63) is 56.7 Å². The number of hydrogen-bond acceptors (Lipinski definition) is 3. The lowest BCUT2D eigenvalue weighted by Gasteiger charge is -2.13. The van der Waals surface area contributed by atoms with E-state index in [0.29, 0.717) is 23.8 Å². The number of aldehydes is 1. The number of allylic oxidation sites excluding steroid dienone is 6. The topological polar surface area (TPSA) is 57.5 Å². The quantitative estimate of drug-likeness (QED) is 0.358. The van der Waals surface area contributed by atoms with Crippen LogP contribution in [0.4, 0.5) is 0 Å². The molecule has 148 valence electrons. The van der Waals surface area contributed by atoms with E-state index in [-0.39, 0.29) is 22.1 Å². The lowest BCUT2D eigenvalue weighted by Crippen LogP contribution is -1.96. The van der Waals surface area contributed by atoms with Crippen LogP contribution in [0.15, 0.2) is 34.9 Å². The Labute approximate surface area is 168 Å². The summed E-state index contributed by atoms with van der Waals surface area (Å²) in [5, 5.41) is 20.6. The van der Waals surface area contributed by atoms with Crippen LogP contribution in [0.3, 0.4) is 0 Å². The molecule has 0 saturated heterocycles. The Kier molecular flexibility index (Phi) is 9.37. The van der Waals surface area contributed by atoms with Gasteiger partial charge in [-0.1, -0.05) is 46.5 Å². The van der Waals surface area contributed by atoms with Crippen molar-refractivity contribution in [2.24, 2.45) is 0 Å². The predicted octanol–water partition coefficient (Wildman–Crippen LogP) is 6.83. The van der Waals surface area contributed by atoms with Gasteiger partial charge in [-0.2, -0.15) is 0 Å². The second kappa shape index (κ2) is 11.0. The average molecular weight is 391 g/mol. The first-order valence-electron chi connectivity index (χ1n) is 9.31. The van der Waals surface area contributed by atoms with Crippen molar-refractivity contribution in [2.45, 2.75) is 66.7 Å². The number of hydrogen-bond donors (Lipinski definition) is 2. The number of benzene rings is 1. The summed E-state index contributed by atoms with van der Waals surface area (Å²) in [6.45, 7) is 10.0. The molecule has 0 spiro atoms. The Morgan fingerprint density at radius 2 is 1.48 bits per heavy atom. The molecule has 0 unspecified atom stereocenters. The lowest BCUT2D eigenvalue weighted by atomic mass is 9.99. The molecule has 0 aliphatic rings. The number of carbonyl (C=O) groups excluding carboxylic acids is 1. The SMILES string of the molecule is CC(C)=CCC/C(C)=C/CC/C(C)=C/Cc1c(O)c(Cl)c(C)c(C=O)c1O. The maximum absolute atomic E-state index is 11.2. The summed E-state index contributed by atoms with van der Waals surface area (Å²) >= 11 is 6.08. The van der Waals surface area contributed by atoms with Gasteiger partial charge in [0.2, 0.25) is 0 Å². The van der Waals surface area contributed by atoms with Crippen LogP contribution in [-0.2, 0) is 6.42 Å². The van der Waals surface area contributed by atoms with Gasteiger partial charge in [-0.3, -0.25) is 4.79 Å². The summed E-state index contributed by atoms with van der Waals surface area (Å²) in [7, 11) is 0. The third-order valence-electron chi connectivity index (χ3n) is 4.66. The van der Waals surface area contributed by atoms with Crippen molar-refractivity contribution >= 4 is 17.9 Å². The van der Waals surface area contributed by atoms with Crippen LogP contribution in [0.2, 0.25) is 5.02 Å². The minimum atomic E-state index is -0.191. The monoisotopic (exact) mass is 390 g/mol.